The van der Waals surface area contributed by atoms with Crippen molar-refractivity contribution in [2.24, 2.45) is 5.73 Å². The van der Waals surface area contributed by atoms with Crippen LogP contribution in [0.25, 0.3) is 0 Å². The minimum atomic E-state index is 0.234. The van der Waals surface area contributed by atoms with Crippen molar-refractivity contribution in [2.75, 3.05) is 0 Å². The van der Waals surface area contributed by atoms with Gasteiger partial charge in [0.1, 0.15) is 18.1 Å². The van der Waals surface area contributed by atoms with Crippen LogP contribution in [0.4, 0.5) is 0 Å². The zero-order valence-electron chi connectivity index (χ0n) is 8.81. The van der Waals surface area contributed by atoms with E-state index in [0.29, 0.717) is 13.2 Å². The summed E-state index contributed by atoms with van der Waals surface area (Å²) in [5.74, 6) is 0.958. The number of H-pyrrole nitrogens is 1. The third-order valence-corrected chi connectivity index (χ3v) is 2.26. The molecular formula is C12H14N2O2. The summed E-state index contributed by atoms with van der Waals surface area (Å²) in [6, 6.07) is 10.5. The Labute approximate surface area is 93.7 Å². The first-order chi connectivity index (χ1) is 7.78. The summed E-state index contributed by atoms with van der Waals surface area (Å²) < 4.78 is 5.52. The van der Waals surface area contributed by atoms with Crippen molar-refractivity contribution in [3.05, 3.63) is 47.8 Å². The zero-order valence-corrected chi connectivity index (χ0v) is 8.81. The number of nitrogens with one attached hydrogen (secondary N) is 1. The van der Waals surface area contributed by atoms with E-state index in [1.165, 1.54) is 0 Å². The number of nitrogens with two attached hydrogens (primary N) is 1. The summed E-state index contributed by atoms with van der Waals surface area (Å²) in [4.78, 5) is 3.15. The Balaban J connectivity index is 1.94. The molecule has 0 amide bonds. The molecule has 0 aliphatic heterocycles. The van der Waals surface area contributed by atoms with Gasteiger partial charge in [-0.15, -0.1) is 0 Å². The number of rotatable bonds is 4. The number of aromatic hydroxyl groups is 1. The summed E-state index contributed by atoms with van der Waals surface area (Å²) >= 11 is 0. The first-order valence-corrected chi connectivity index (χ1v) is 5.06. The third kappa shape index (κ3) is 2.55. The molecule has 1 heterocycles. The highest BCUT2D eigenvalue weighted by atomic mass is 16.5. The van der Waals surface area contributed by atoms with E-state index in [-0.39, 0.29) is 5.75 Å². The predicted molar refractivity (Wildman–Crippen MR) is 61.1 cm³/mol. The van der Waals surface area contributed by atoms with Crippen molar-refractivity contribution in [1.29, 1.82) is 0 Å². The Bertz CT molecular complexity index is 448. The Kier molecular flexibility index (Phi) is 3.12. The Hall–Kier alpha value is -1.94. The SMILES string of the molecule is NCc1ccc(COc2ccc(O)cc2)[nH]1. The van der Waals surface area contributed by atoms with Gasteiger partial charge in [-0.05, 0) is 36.4 Å². The van der Waals surface area contributed by atoms with Crippen LogP contribution < -0.4 is 10.5 Å². The first-order valence-electron chi connectivity index (χ1n) is 5.06. The van der Waals surface area contributed by atoms with Crippen molar-refractivity contribution in [1.82, 2.24) is 4.98 Å². The molecule has 0 spiro atoms. The van der Waals surface area contributed by atoms with Gasteiger partial charge in [-0.3, -0.25) is 0 Å². The summed E-state index contributed by atoms with van der Waals surface area (Å²) in [5, 5.41) is 9.10. The lowest BCUT2D eigenvalue weighted by atomic mass is 10.3. The van der Waals surface area contributed by atoms with Crippen molar-refractivity contribution < 1.29 is 9.84 Å². The van der Waals surface area contributed by atoms with Crippen molar-refractivity contribution in [3.63, 3.8) is 0 Å². The molecule has 0 fully saturated rings. The summed E-state index contributed by atoms with van der Waals surface area (Å²) in [5.41, 5.74) is 7.46. The monoisotopic (exact) mass is 218 g/mol. The second-order valence-corrected chi connectivity index (χ2v) is 3.50. The largest absolute Gasteiger partial charge is 0.508 e. The van der Waals surface area contributed by atoms with E-state index in [1.807, 2.05) is 12.1 Å². The lowest BCUT2D eigenvalue weighted by molar-refractivity contribution is 0.301. The fourth-order valence-corrected chi connectivity index (χ4v) is 1.40. The van der Waals surface area contributed by atoms with E-state index < -0.39 is 0 Å². The smallest absolute Gasteiger partial charge is 0.128 e. The molecule has 2 rings (SSSR count). The van der Waals surface area contributed by atoms with Crippen LogP contribution >= 0.6 is 0 Å². The molecule has 4 N–H and O–H groups in total. The molecule has 1 aromatic carbocycles. The molecule has 84 valence electrons. The lowest BCUT2D eigenvalue weighted by Crippen LogP contribution is -1.99. The van der Waals surface area contributed by atoms with Crippen LogP contribution in [0.15, 0.2) is 36.4 Å². The van der Waals surface area contributed by atoms with Gasteiger partial charge in [0.2, 0.25) is 0 Å². The third-order valence-electron chi connectivity index (χ3n) is 2.26. The molecule has 2 aromatic rings. The highest BCUT2D eigenvalue weighted by Gasteiger charge is 1.99. The van der Waals surface area contributed by atoms with E-state index >= 15 is 0 Å². The van der Waals surface area contributed by atoms with E-state index in [0.717, 1.165) is 17.1 Å². The number of phenolic OH excluding ortho intramolecular Hbond substituents is 1. The number of benzene rings is 1. The number of ether oxygens (including phenoxy) is 1. The fourth-order valence-electron chi connectivity index (χ4n) is 1.40. The second-order valence-electron chi connectivity index (χ2n) is 3.50. The van der Waals surface area contributed by atoms with E-state index in [9.17, 15) is 0 Å². The van der Waals surface area contributed by atoms with Gasteiger partial charge in [0.05, 0.1) is 5.69 Å². The molecule has 4 nitrogen and oxygen atoms in total. The van der Waals surface area contributed by atoms with E-state index in [2.05, 4.69) is 4.98 Å². The molecule has 0 bridgehead atoms. The fraction of sp³-hybridized carbons (Fsp3) is 0.167. The highest BCUT2D eigenvalue weighted by molar-refractivity contribution is 5.30. The topological polar surface area (TPSA) is 71.3 Å². The van der Waals surface area contributed by atoms with Gasteiger partial charge in [-0.2, -0.15) is 0 Å². The molecule has 0 aliphatic carbocycles. The highest BCUT2D eigenvalue weighted by Crippen LogP contribution is 2.17. The average Bonchev–Trinajstić information content (AvgIpc) is 2.76. The molecule has 0 atom stereocenters. The standard InChI is InChI=1S/C12H14N2O2/c13-7-9-1-2-10(14-9)8-16-12-5-3-11(15)4-6-12/h1-6,14-15H,7-8,13H2. The Morgan fingerprint density at radius 3 is 2.38 bits per heavy atom. The quantitative estimate of drug-likeness (QED) is 0.732. The second kappa shape index (κ2) is 4.72. The van der Waals surface area contributed by atoms with Gasteiger partial charge in [0.15, 0.2) is 0 Å². The van der Waals surface area contributed by atoms with E-state index in [4.69, 9.17) is 15.6 Å². The van der Waals surface area contributed by atoms with Gasteiger partial charge in [-0.1, -0.05) is 0 Å². The molecule has 0 saturated heterocycles. The van der Waals surface area contributed by atoms with Crippen LogP contribution in [-0.4, -0.2) is 10.1 Å². The number of aromatic nitrogens is 1. The average molecular weight is 218 g/mol. The summed E-state index contributed by atoms with van der Waals surface area (Å²) in [6.45, 7) is 0.962. The maximum atomic E-state index is 9.10. The molecular weight excluding hydrogens is 204 g/mol. The lowest BCUT2D eigenvalue weighted by Gasteiger charge is -2.04. The first kappa shape index (κ1) is 10.6. The summed E-state index contributed by atoms with van der Waals surface area (Å²) in [6.07, 6.45) is 0. The number of phenols is 1. The van der Waals surface area contributed by atoms with Crippen LogP contribution in [-0.2, 0) is 13.2 Å². The zero-order chi connectivity index (χ0) is 11.4. The predicted octanol–water partition coefficient (Wildman–Crippen LogP) is 1.76. The number of hydrogen-bond acceptors (Lipinski definition) is 3. The van der Waals surface area contributed by atoms with Crippen LogP contribution in [0, 0.1) is 0 Å². The van der Waals surface area contributed by atoms with Gasteiger partial charge >= 0.3 is 0 Å². The molecule has 4 heteroatoms. The van der Waals surface area contributed by atoms with Crippen LogP contribution in [0.3, 0.4) is 0 Å². The van der Waals surface area contributed by atoms with Crippen molar-refractivity contribution >= 4 is 0 Å². The van der Waals surface area contributed by atoms with E-state index in [1.54, 1.807) is 24.3 Å². The molecule has 0 unspecified atom stereocenters. The number of aromatic amines is 1. The molecule has 0 radical (unpaired) electrons. The molecule has 1 aromatic heterocycles. The van der Waals surface area contributed by atoms with Crippen molar-refractivity contribution in [3.8, 4) is 11.5 Å². The van der Waals surface area contributed by atoms with Crippen LogP contribution in [0.1, 0.15) is 11.4 Å². The van der Waals surface area contributed by atoms with Crippen LogP contribution in [0.2, 0.25) is 0 Å². The maximum absolute atomic E-state index is 9.10. The minimum Gasteiger partial charge on any atom is -0.508 e. The minimum absolute atomic E-state index is 0.234. The maximum Gasteiger partial charge on any atom is 0.128 e. The number of hydrogen-bond donors (Lipinski definition) is 3. The van der Waals surface area contributed by atoms with Gasteiger partial charge in [0.25, 0.3) is 0 Å². The molecule has 0 aliphatic rings. The van der Waals surface area contributed by atoms with Gasteiger partial charge in [-0.25, -0.2) is 0 Å². The normalized spacial score (nSPS) is 10.3. The molecule has 0 saturated carbocycles. The summed E-state index contributed by atoms with van der Waals surface area (Å²) in [7, 11) is 0. The van der Waals surface area contributed by atoms with Gasteiger partial charge in [0, 0.05) is 12.2 Å². The Morgan fingerprint density at radius 1 is 1.06 bits per heavy atom. The molecule has 16 heavy (non-hydrogen) atoms. The van der Waals surface area contributed by atoms with Gasteiger partial charge < -0.3 is 20.6 Å². The van der Waals surface area contributed by atoms with Crippen LogP contribution in [0.5, 0.6) is 11.5 Å². The van der Waals surface area contributed by atoms with Crippen molar-refractivity contribution in [2.45, 2.75) is 13.2 Å². The Morgan fingerprint density at radius 2 is 1.75 bits per heavy atom.